The number of amides is 1. The zero-order valence-electron chi connectivity index (χ0n) is 43.1. The van der Waals surface area contributed by atoms with Crippen LogP contribution < -0.4 is 29.1 Å². The standard InChI is InChI=1S/C57H65FN8O9S/c1-36(2)43-6-4-5-7-44(43)50-34-63(33-38-8-11-51-53(24-38)74-35-73-51)22-23-65(50)40-29-57(30-40)17-20-64(21-18-57)48-28-52(75-41-25-39-14-19-59-54(39)61-32-41)45(27-46(48)58)55(67)62-76(71,72)42-9-10-47(49(26-42)66(69)70)60-31-37-12-15-56(3,68)16-13-37/h4-11,14,19,24-28,32,36-37,40,50,60,68H,12-13,15-18,20-23,29-31,33-35H2,1-3H3,(H,59,61)(H,62,67)/t37?,50-,56?/m0/s1. The fourth-order valence-corrected chi connectivity index (χ4v) is 13.3. The predicted octanol–water partition coefficient (Wildman–Crippen LogP) is 10.0. The number of piperazine rings is 1. The first kappa shape index (κ1) is 51.3. The number of hydrogen-bond acceptors (Lipinski definition) is 14. The molecule has 1 spiro atoms. The predicted molar refractivity (Wildman–Crippen MR) is 286 cm³/mol. The summed E-state index contributed by atoms with van der Waals surface area (Å²) in [5, 5.41) is 26.4. The van der Waals surface area contributed by atoms with Crippen LogP contribution >= 0.6 is 0 Å². The summed E-state index contributed by atoms with van der Waals surface area (Å²) in [6.07, 6.45) is 9.62. The summed E-state index contributed by atoms with van der Waals surface area (Å²) in [4.78, 5) is 39.8. The monoisotopic (exact) mass is 1060 g/mol. The molecule has 6 aromatic rings. The number of benzene rings is 4. The van der Waals surface area contributed by atoms with Crippen molar-refractivity contribution in [1.29, 1.82) is 0 Å². The average Bonchev–Trinajstić information content (AvgIpc) is 4.12. The molecule has 5 heterocycles. The molecule has 4 N–H and O–H groups in total. The number of ether oxygens (including phenoxy) is 3. The Kier molecular flexibility index (Phi) is 13.9. The van der Waals surface area contributed by atoms with E-state index in [1.54, 1.807) is 25.3 Å². The van der Waals surface area contributed by atoms with E-state index in [0.717, 1.165) is 93.7 Å². The summed E-state index contributed by atoms with van der Waals surface area (Å²) in [7, 11) is -4.73. The smallest absolute Gasteiger partial charge is 0.293 e. The number of nitro benzene ring substituents is 1. The van der Waals surface area contributed by atoms with Crippen molar-refractivity contribution in [3.63, 3.8) is 0 Å². The maximum Gasteiger partial charge on any atom is 0.293 e. The number of aliphatic hydroxyl groups is 1. The van der Waals surface area contributed by atoms with E-state index in [0.29, 0.717) is 50.1 Å². The van der Waals surface area contributed by atoms with E-state index in [1.807, 2.05) is 15.7 Å². The largest absolute Gasteiger partial charge is 0.455 e. The molecule has 1 amide bonds. The molecule has 400 valence electrons. The summed E-state index contributed by atoms with van der Waals surface area (Å²) in [6.45, 7) is 11.7. The number of H-pyrrole nitrogens is 1. The molecule has 4 fully saturated rings. The number of aromatic amines is 1. The van der Waals surface area contributed by atoms with Crippen LogP contribution in [0.15, 0.2) is 102 Å². The van der Waals surface area contributed by atoms with Crippen LogP contribution in [0.25, 0.3) is 11.0 Å². The molecule has 2 aliphatic carbocycles. The zero-order valence-corrected chi connectivity index (χ0v) is 43.9. The van der Waals surface area contributed by atoms with Gasteiger partial charge in [0.25, 0.3) is 21.6 Å². The quantitative estimate of drug-likeness (QED) is 0.0558. The molecule has 4 aromatic carbocycles. The van der Waals surface area contributed by atoms with Crippen LogP contribution in [0.4, 0.5) is 21.5 Å². The molecule has 3 aliphatic heterocycles. The Morgan fingerprint density at radius 3 is 2.53 bits per heavy atom. The van der Waals surface area contributed by atoms with Gasteiger partial charge < -0.3 is 34.5 Å². The molecule has 1 atom stereocenters. The van der Waals surface area contributed by atoms with E-state index in [9.17, 15) is 28.4 Å². The number of nitro groups is 1. The van der Waals surface area contributed by atoms with Gasteiger partial charge in [0.15, 0.2) is 11.5 Å². The topological polar surface area (TPSA) is 205 Å². The number of anilines is 2. The number of carbonyl (C=O) groups is 1. The number of nitrogens with one attached hydrogen (secondary N) is 3. The second kappa shape index (κ2) is 20.6. The Morgan fingerprint density at radius 1 is 0.974 bits per heavy atom. The summed E-state index contributed by atoms with van der Waals surface area (Å²) in [5.74, 6) is 0.350. The van der Waals surface area contributed by atoms with Crippen LogP contribution in [0, 0.1) is 27.3 Å². The molecule has 2 saturated carbocycles. The van der Waals surface area contributed by atoms with Gasteiger partial charge in [0.2, 0.25) is 6.79 Å². The Labute approximate surface area is 441 Å². The molecule has 0 unspecified atom stereocenters. The number of pyridine rings is 1. The number of sulfonamides is 1. The number of piperidine rings is 1. The zero-order chi connectivity index (χ0) is 52.9. The molecule has 2 aromatic heterocycles. The number of nitrogens with zero attached hydrogens (tertiary/aromatic N) is 5. The van der Waals surface area contributed by atoms with E-state index in [2.05, 4.69) is 75.3 Å². The first-order valence-corrected chi connectivity index (χ1v) is 27.9. The summed E-state index contributed by atoms with van der Waals surface area (Å²) < 4.78 is 63.9. The highest BCUT2D eigenvalue weighted by Gasteiger charge is 2.50. The molecular formula is C57H65FN8O9S. The van der Waals surface area contributed by atoms with Gasteiger partial charge in [0, 0.05) is 81.6 Å². The Bertz CT molecular complexity index is 3270. The molecule has 76 heavy (non-hydrogen) atoms. The van der Waals surface area contributed by atoms with Gasteiger partial charge >= 0.3 is 0 Å². The second-order valence-corrected chi connectivity index (χ2v) is 23.9. The van der Waals surface area contributed by atoms with Gasteiger partial charge in [0.1, 0.15) is 28.7 Å². The van der Waals surface area contributed by atoms with Crippen LogP contribution in [-0.2, 0) is 16.6 Å². The van der Waals surface area contributed by atoms with Crippen molar-refractivity contribution < 1.29 is 41.8 Å². The third-order valence-electron chi connectivity index (χ3n) is 16.7. The van der Waals surface area contributed by atoms with Gasteiger partial charge in [-0.1, -0.05) is 44.2 Å². The normalized spacial score (nSPS) is 21.9. The second-order valence-electron chi connectivity index (χ2n) is 22.2. The van der Waals surface area contributed by atoms with Crippen molar-refractivity contribution in [2.75, 3.05) is 56.3 Å². The minimum absolute atomic E-state index is 0.0927. The first-order valence-electron chi connectivity index (χ1n) is 26.5. The van der Waals surface area contributed by atoms with Gasteiger partial charge in [-0.05, 0) is 135 Å². The van der Waals surface area contributed by atoms with Crippen molar-refractivity contribution in [3.8, 4) is 23.0 Å². The highest BCUT2D eigenvalue weighted by Crippen LogP contribution is 2.54. The number of aromatic nitrogens is 2. The lowest BCUT2D eigenvalue weighted by Crippen LogP contribution is -2.60. The minimum atomic E-state index is -4.73. The lowest BCUT2D eigenvalue weighted by Gasteiger charge is -2.58. The van der Waals surface area contributed by atoms with Crippen molar-refractivity contribution in [1.82, 2.24) is 24.5 Å². The lowest BCUT2D eigenvalue weighted by atomic mass is 9.59. The third-order valence-corrected chi connectivity index (χ3v) is 18.0. The van der Waals surface area contributed by atoms with Crippen molar-refractivity contribution in [2.45, 2.75) is 107 Å². The van der Waals surface area contributed by atoms with E-state index >= 15 is 4.39 Å². The molecule has 5 aliphatic rings. The van der Waals surface area contributed by atoms with Crippen LogP contribution in [0.1, 0.15) is 111 Å². The van der Waals surface area contributed by atoms with Gasteiger partial charge in [-0.2, -0.15) is 0 Å². The molecular weight excluding hydrogens is 992 g/mol. The molecule has 0 radical (unpaired) electrons. The van der Waals surface area contributed by atoms with Crippen LogP contribution in [0.3, 0.4) is 0 Å². The van der Waals surface area contributed by atoms with Gasteiger partial charge in [-0.25, -0.2) is 22.5 Å². The number of halogens is 1. The van der Waals surface area contributed by atoms with Crippen LogP contribution in [0.5, 0.6) is 23.0 Å². The van der Waals surface area contributed by atoms with Crippen molar-refractivity contribution in [2.24, 2.45) is 11.3 Å². The summed E-state index contributed by atoms with van der Waals surface area (Å²) in [6, 6.07) is 25.0. The number of fused-ring (bicyclic) bond motifs is 2. The van der Waals surface area contributed by atoms with E-state index in [-0.39, 0.29) is 47.0 Å². The third kappa shape index (κ3) is 10.7. The number of hydrogen-bond donors (Lipinski definition) is 4. The molecule has 17 nitrogen and oxygen atoms in total. The van der Waals surface area contributed by atoms with Gasteiger partial charge in [0.05, 0.1) is 32.9 Å². The van der Waals surface area contributed by atoms with Gasteiger partial charge in [-0.15, -0.1) is 0 Å². The van der Waals surface area contributed by atoms with Crippen molar-refractivity contribution in [3.05, 3.63) is 136 Å². The Morgan fingerprint density at radius 2 is 1.75 bits per heavy atom. The minimum Gasteiger partial charge on any atom is -0.455 e. The van der Waals surface area contributed by atoms with Crippen molar-refractivity contribution >= 4 is 44.0 Å². The first-order chi connectivity index (χ1) is 36.5. The van der Waals surface area contributed by atoms with Gasteiger partial charge in [-0.3, -0.25) is 24.7 Å². The van der Waals surface area contributed by atoms with E-state index in [4.69, 9.17) is 14.2 Å². The maximum atomic E-state index is 16.6. The Hall–Kier alpha value is -6.80. The lowest BCUT2D eigenvalue weighted by molar-refractivity contribution is -0.384. The summed E-state index contributed by atoms with van der Waals surface area (Å²) >= 11 is 0. The molecule has 2 saturated heterocycles. The van der Waals surface area contributed by atoms with E-state index < -0.39 is 48.4 Å². The highest BCUT2D eigenvalue weighted by molar-refractivity contribution is 7.90. The van der Waals surface area contributed by atoms with E-state index in [1.165, 1.54) is 41.1 Å². The van der Waals surface area contributed by atoms with Crippen LogP contribution in [-0.4, -0.2) is 102 Å². The summed E-state index contributed by atoms with van der Waals surface area (Å²) in [5.41, 5.74) is 3.36. The molecule has 11 rings (SSSR count). The Balaban J connectivity index is 0.791. The highest BCUT2D eigenvalue weighted by atomic mass is 32.2. The number of carbonyl (C=O) groups excluding carboxylic acids is 1. The maximum absolute atomic E-state index is 16.6. The van der Waals surface area contributed by atoms with Crippen LogP contribution in [0.2, 0.25) is 0 Å². The SMILES string of the molecule is CC(C)c1ccccc1[C@@H]1CN(Cc2ccc3c(c2)OCO3)CCN1C1CC2(CCN(c3cc(Oc4cnc5[nH]ccc5c4)c(C(=O)NS(=O)(=O)c4ccc(NCC5CCC(C)(O)CC5)c([N+](=O)[O-])c4)cc3F)CC2)C1. The number of rotatable bonds is 15. The molecule has 19 heteroatoms. The average molecular weight is 1060 g/mol. The molecule has 0 bridgehead atoms. The fourth-order valence-electron chi connectivity index (χ4n) is 12.3. The fraction of sp³-hybridized carbons (Fsp3) is 0.439.